The molecule has 0 aliphatic heterocycles. The first-order chi connectivity index (χ1) is 15.7. The van der Waals surface area contributed by atoms with Gasteiger partial charge in [0.1, 0.15) is 0 Å². The molecule has 1 aromatic heterocycles. The third-order valence-electron chi connectivity index (χ3n) is 5.40. The monoisotopic (exact) mass is 498 g/mol. The van der Waals surface area contributed by atoms with Gasteiger partial charge in [-0.15, -0.1) is 0 Å². The second-order valence-corrected chi connectivity index (χ2v) is 11.4. The number of rotatable bonds is 7. The van der Waals surface area contributed by atoms with Gasteiger partial charge in [-0.25, -0.2) is 13.4 Å². The molecule has 1 heterocycles. The van der Waals surface area contributed by atoms with E-state index in [1.54, 1.807) is 4.90 Å². The van der Waals surface area contributed by atoms with E-state index in [1.807, 2.05) is 56.3 Å². The van der Waals surface area contributed by atoms with Crippen LogP contribution < -0.4 is 4.90 Å². The number of thiazole rings is 1. The zero-order valence-electron chi connectivity index (χ0n) is 18.3. The number of halogens is 1. The first-order valence-electron chi connectivity index (χ1n) is 10.4. The number of aryl methyl sites for hydroxylation is 2. The van der Waals surface area contributed by atoms with Crippen molar-refractivity contribution in [3.05, 3.63) is 88.4 Å². The van der Waals surface area contributed by atoms with Crippen LogP contribution in [0.1, 0.15) is 23.1 Å². The maximum Gasteiger partial charge on any atom is 0.230 e. The van der Waals surface area contributed by atoms with Crippen LogP contribution in [-0.4, -0.2) is 25.1 Å². The Bertz CT molecular complexity index is 1360. The largest absolute Gasteiger partial charge is 0.284 e. The smallest absolute Gasteiger partial charge is 0.230 e. The molecule has 170 valence electrons. The fourth-order valence-electron chi connectivity index (χ4n) is 3.51. The van der Waals surface area contributed by atoms with E-state index in [4.69, 9.17) is 16.6 Å². The summed E-state index contributed by atoms with van der Waals surface area (Å²) in [4.78, 5) is 19.8. The van der Waals surface area contributed by atoms with E-state index in [0.29, 0.717) is 16.7 Å². The van der Waals surface area contributed by atoms with Crippen molar-refractivity contribution in [1.29, 1.82) is 0 Å². The number of nitrogens with zero attached hydrogens (tertiary/aromatic N) is 2. The summed E-state index contributed by atoms with van der Waals surface area (Å²) in [5, 5.41) is 1.03. The van der Waals surface area contributed by atoms with Gasteiger partial charge in [0, 0.05) is 11.4 Å². The van der Waals surface area contributed by atoms with E-state index in [1.165, 1.54) is 35.6 Å². The molecule has 0 aliphatic carbocycles. The van der Waals surface area contributed by atoms with Crippen molar-refractivity contribution < 1.29 is 13.2 Å². The molecule has 0 radical (unpaired) electrons. The molecule has 33 heavy (non-hydrogen) atoms. The summed E-state index contributed by atoms with van der Waals surface area (Å²) in [5.41, 5.74) is 3.95. The molecule has 0 N–H and O–H groups in total. The second-order valence-electron chi connectivity index (χ2n) is 7.86. The van der Waals surface area contributed by atoms with Crippen LogP contribution in [0.2, 0.25) is 5.02 Å². The van der Waals surface area contributed by atoms with Crippen LogP contribution in [0.15, 0.2) is 71.6 Å². The molecule has 0 aliphatic rings. The molecular formula is C25H23ClN2O3S2. The summed E-state index contributed by atoms with van der Waals surface area (Å²) in [6.07, 6.45) is -0.147. The third kappa shape index (κ3) is 5.27. The highest BCUT2D eigenvalue weighted by molar-refractivity contribution is 7.91. The number of fused-ring (bicyclic) bond motifs is 1. The molecule has 0 atom stereocenters. The molecule has 0 saturated heterocycles. The minimum absolute atomic E-state index is 0.147. The van der Waals surface area contributed by atoms with Crippen LogP contribution in [-0.2, 0) is 21.2 Å². The maximum atomic E-state index is 13.3. The third-order valence-corrected chi connectivity index (χ3v) is 8.60. The van der Waals surface area contributed by atoms with Crippen molar-refractivity contribution in [2.75, 3.05) is 10.7 Å². The van der Waals surface area contributed by atoms with Gasteiger partial charge in [-0.05, 0) is 54.8 Å². The highest BCUT2D eigenvalue weighted by Gasteiger charge is 2.24. The molecule has 8 heteroatoms. The zero-order valence-corrected chi connectivity index (χ0v) is 20.7. The van der Waals surface area contributed by atoms with E-state index in [2.05, 4.69) is 0 Å². The van der Waals surface area contributed by atoms with Gasteiger partial charge < -0.3 is 0 Å². The molecular weight excluding hydrogens is 476 g/mol. The standard InChI is InChI=1S/C25H23ClN2O3S2/c1-17-8-9-18(2)24-23(17)27-25(32-24)28(16-19-6-4-3-5-7-19)22(29)14-15-33(30,31)21-12-10-20(26)11-13-21/h3-13H,14-16H2,1-2H3. The van der Waals surface area contributed by atoms with Gasteiger partial charge in [0.25, 0.3) is 0 Å². The van der Waals surface area contributed by atoms with Crippen LogP contribution in [0.4, 0.5) is 5.13 Å². The number of anilines is 1. The molecule has 1 amide bonds. The predicted octanol–water partition coefficient (Wildman–Crippen LogP) is 5.96. The Labute approximate surface area is 202 Å². The average molecular weight is 499 g/mol. The number of hydrogen-bond donors (Lipinski definition) is 0. The van der Waals surface area contributed by atoms with E-state index in [9.17, 15) is 13.2 Å². The lowest BCUT2D eigenvalue weighted by Crippen LogP contribution is -2.31. The molecule has 0 bridgehead atoms. The first-order valence-corrected chi connectivity index (χ1v) is 13.3. The molecule has 0 fully saturated rings. The minimum Gasteiger partial charge on any atom is -0.284 e. The van der Waals surface area contributed by atoms with E-state index in [-0.39, 0.29) is 23.0 Å². The Morgan fingerprint density at radius 2 is 1.64 bits per heavy atom. The lowest BCUT2D eigenvalue weighted by molar-refractivity contribution is -0.118. The van der Waals surface area contributed by atoms with E-state index < -0.39 is 9.84 Å². The van der Waals surface area contributed by atoms with Gasteiger partial charge in [0.2, 0.25) is 5.91 Å². The fourth-order valence-corrected chi connectivity index (χ4v) is 5.99. The Morgan fingerprint density at radius 3 is 2.30 bits per heavy atom. The maximum absolute atomic E-state index is 13.3. The molecule has 4 aromatic rings. The van der Waals surface area contributed by atoms with Crippen molar-refractivity contribution in [3.63, 3.8) is 0 Å². The number of carbonyl (C=O) groups is 1. The first kappa shape index (κ1) is 23.4. The summed E-state index contributed by atoms with van der Waals surface area (Å²) in [6.45, 7) is 4.33. The summed E-state index contributed by atoms with van der Waals surface area (Å²) < 4.78 is 26.6. The van der Waals surface area contributed by atoms with Crippen LogP contribution >= 0.6 is 22.9 Å². The van der Waals surface area contributed by atoms with Gasteiger partial charge in [-0.3, -0.25) is 9.69 Å². The molecule has 4 rings (SSSR count). The van der Waals surface area contributed by atoms with Crippen LogP contribution in [0.5, 0.6) is 0 Å². The number of amides is 1. The SMILES string of the molecule is Cc1ccc(C)c2sc(N(Cc3ccccc3)C(=O)CCS(=O)(=O)c3ccc(Cl)cc3)nc12. The second kappa shape index (κ2) is 9.63. The van der Waals surface area contributed by atoms with Crippen molar-refractivity contribution >= 4 is 54.0 Å². The van der Waals surface area contributed by atoms with E-state index in [0.717, 1.165) is 26.9 Å². The molecule has 0 unspecified atom stereocenters. The number of hydrogen-bond acceptors (Lipinski definition) is 5. The van der Waals surface area contributed by atoms with Gasteiger partial charge in [0.15, 0.2) is 15.0 Å². The normalized spacial score (nSPS) is 11.6. The quantitative estimate of drug-likeness (QED) is 0.315. The molecule has 0 spiro atoms. The van der Waals surface area contributed by atoms with Crippen LogP contribution in [0.3, 0.4) is 0 Å². The minimum atomic E-state index is -3.62. The van der Waals surface area contributed by atoms with Gasteiger partial charge in [-0.2, -0.15) is 0 Å². The fraction of sp³-hybridized carbons (Fsp3) is 0.200. The summed E-state index contributed by atoms with van der Waals surface area (Å²) in [6, 6.07) is 19.7. The van der Waals surface area contributed by atoms with Gasteiger partial charge in [-0.1, -0.05) is 65.4 Å². The Hall–Kier alpha value is -2.74. The Kier molecular flexibility index (Phi) is 6.83. The Morgan fingerprint density at radius 1 is 0.970 bits per heavy atom. The van der Waals surface area contributed by atoms with Crippen molar-refractivity contribution in [3.8, 4) is 0 Å². The number of benzene rings is 3. The summed E-state index contributed by atoms with van der Waals surface area (Å²) in [7, 11) is -3.62. The van der Waals surface area contributed by atoms with Crippen LogP contribution in [0, 0.1) is 13.8 Å². The predicted molar refractivity (Wildman–Crippen MR) is 135 cm³/mol. The van der Waals surface area contributed by atoms with E-state index >= 15 is 0 Å². The molecule has 0 saturated carbocycles. The highest BCUT2D eigenvalue weighted by atomic mass is 35.5. The van der Waals surface area contributed by atoms with Crippen molar-refractivity contribution in [1.82, 2.24) is 4.98 Å². The lowest BCUT2D eigenvalue weighted by Gasteiger charge is -2.20. The Balaban J connectivity index is 1.63. The molecule has 5 nitrogen and oxygen atoms in total. The number of sulfone groups is 1. The topological polar surface area (TPSA) is 67.3 Å². The summed E-state index contributed by atoms with van der Waals surface area (Å²) in [5.74, 6) is -0.576. The average Bonchev–Trinajstić information content (AvgIpc) is 3.26. The summed E-state index contributed by atoms with van der Waals surface area (Å²) >= 11 is 7.32. The number of carbonyl (C=O) groups excluding carboxylic acids is 1. The number of aromatic nitrogens is 1. The van der Waals surface area contributed by atoms with Crippen molar-refractivity contribution in [2.45, 2.75) is 31.7 Å². The lowest BCUT2D eigenvalue weighted by atomic mass is 10.1. The van der Waals surface area contributed by atoms with Gasteiger partial charge >= 0.3 is 0 Å². The molecule has 3 aromatic carbocycles. The van der Waals surface area contributed by atoms with Crippen molar-refractivity contribution in [2.24, 2.45) is 0 Å². The zero-order chi connectivity index (χ0) is 23.6. The highest BCUT2D eigenvalue weighted by Crippen LogP contribution is 2.34. The van der Waals surface area contributed by atoms with Gasteiger partial charge in [0.05, 0.1) is 27.4 Å². The van der Waals surface area contributed by atoms with Crippen LogP contribution in [0.25, 0.3) is 10.2 Å².